The molecule has 2 heterocycles. The molecule has 0 bridgehead atoms. The lowest BCUT2D eigenvalue weighted by molar-refractivity contribution is -0.123. The Kier molecular flexibility index (Phi) is 5.35. The first-order valence-electron chi connectivity index (χ1n) is 8.33. The predicted molar refractivity (Wildman–Crippen MR) is 98.4 cm³/mol. The lowest BCUT2D eigenvalue weighted by Crippen LogP contribution is -2.50. The molecule has 1 aromatic carbocycles. The molecule has 7 nitrogen and oxygen atoms in total. The SMILES string of the molecule is NC(=O)C1CCN([C@H]2CS(=O)(=O)C[C@@H]2S(=O)(=O)c2ccc(Cl)cc2)CC1. The number of likely N-dealkylation sites (tertiary alicyclic amines) is 1. The molecule has 2 aliphatic heterocycles. The van der Waals surface area contributed by atoms with Gasteiger partial charge in [-0.05, 0) is 50.2 Å². The molecule has 144 valence electrons. The molecule has 2 fully saturated rings. The molecular formula is C16H21ClN2O5S2. The van der Waals surface area contributed by atoms with Gasteiger partial charge in [0.05, 0.1) is 21.7 Å². The quantitative estimate of drug-likeness (QED) is 0.757. The molecule has 0 unspecified atom stereocenters. The summed E-state index contributed by atoms with van der Waals surface area (Å²) in [6.07, 6.45) is 1.03. The van der Waals surface area contributed by atoms with E-state index >= 15 is 0 Å². The van der Waals surface area contributed by atoms with Crippen LogP contribution in [0.15, 0.2) is 29.2 Å². The lowest BCUT2D eigenvalue weighted by Gasteiger charge is -2.36. The number of benzene rings is 1. The fourth-order valence-electron chi connectivity index (χ4n) is 3.75. The molecule has 0 saturated carbocycles. The maximum absolute atomic E-state index is 13.1. The molecular weight excluding hydrogens is 400 g/mol. The van der Waals surface area contributed by atoms with Crippen LogP contribution in [0.5, 0.6) is 0 Å². The maximum Gasteiger partial charge on any atom is 0.220 e. The number of halogens is 1. The van der Waals surface area contributed by atoms with E-state index in [0.717, 1.165) is 0 Å². The molecule has 3 rings (SSSR count). The molecule has 1 amide bonds. The molecule has 0 radical (unpaired) electrons. The lowest BCUT2D eigenvalue weighted by atomic mass is 9.95. The van der Waals surface area contributed by atoms with Gasteiger partial charge < -0.3 is 5.73 Å². The van der Waals surface area contributed by atoms with Crippen molar-refractivity contribution in [2.75, 3.05) is 24.6 Å². The number of primary amides is 1. The van der Waals surface area contributed by atoms with E-state index in [-0.39, 0.29) is 22.5 Å². The smallest absolute Gasteiger partial charge is 0.220 e. The van der Waals surface area contributed by atoms with Crippen molar-refractivity contribution in [3.8, 4) is 0 Å². The number of nitrogens with zero attached hydrogens (tertiary/aromatic N) is 1. The number of carbonyl (C=O) groups excluding carboxylic acids is 1. The number of carbonyl (C=O) groups is 1. The second kappa shape index (κ2) is 7.10. The van der Waals surface area contributed by atoms with E-state index in [9.17, 15) is 21.6 Å². The second-order valence-corrected chi connectivity index (χ2v) is 11.7. The van der Waals surface area contributed by atoms with Crippen LogP contribution in [0.2, 0.25) is 5.02 Å². The Balaban J connectivity index is 1.87. The summed E-state index contributed by atoms with van der Waals surface area (Å²) in [6.45, 7) is 0.918. The fraction of sp³-hybridized carbons (Fsp3) is 0.562. The van der Waals surface area contributed by atoms with Crippen LogP contribution in [0.25, 0.3) is 0 Å². The van der Waals surface area contributed by atoms with Crippen molar-refractivity contribution < 1.29 is 21.6 Å². The number of piperidine rings is 1. The normalized spacial score (nSPS) is 27.4. The minimum absolute atomic E-state index is 0.0704. The summed E-state index contributed by atoms with van der Waals surface area (Å²) in [5, 5.41) is -0.619. The first kappa shape index (κ1) is 19.6. The van der Waals surface area contributed by atoms with Gasteiger partial charge in [0, 0.05) is 17.0 Å². The zero-order valence-corrected chi connectivity index (χ0v) is 16.4. The van der Waals surface area contributed by atoms with Gasteiger partial charge in [-0.2, -0.15) is 0 Å². The van der Waals surface area contributed by atoms with Crippen molar-refractivity contribution in [1.29, 1.82) is 0 Å². The number of hydrogen-bond acceptors (Lipinski definition) is 6. The first-order valence-corrected chi connectivity index (χ1v) is 12.1. The van der Waals surface area contributed by atoms with Gasteiger partial charge in [-0.3, -0.25) is 9.69 Å². The van der Waals surface area contributed by atoms with Gasteiger partial charge in [-0.15, -0.1) is 0 Å². The fourth-order valence-corrected chi connectivity index (χ4v) is 8.70. The summed E-state index contributed by atoms with van der Waals surface area (Å²) in [5.41, 5.74) is 5.33. The second-order valence-electron chi connectivity index (χ2n) is 6.89. The van der Waals surface area contributed by atoms with Crippen LogP contribution in [0.4, 0.5) is 0 Å². The van der Waals surface area contributed by atoms with Crippen LogP contribution in [0, 0.1) is 5.92 Å². The van der Waals surface area contributed by atoms with E-state index in [1.807, 2.05) is 4.90 Å². The van der Waals surface area contributed by atoms with Gasteiger partial charge in [0.25, 0.3) is 0 Å². The Morgan fingerprint density at radius 1 is 1.12 bits per heavy atom. The maximum atomic E-state index is 13.1. The van der Waals surface area contributed by atoms with E-state index in [0.29, 0.717) is 31.0 Å². The van der Waals surface area contributed by atoms with Gasteiger partial charge >= 0.3 is 0 Å². The first-order chi connectivity index (χ1) is 12.1. The van der Waals surface area contributed by atoms with E-state index in [2.05, 4.69) is 0 Å². The van der Waals surface area contributed by atoms with Crippen molar-refractivity contribution in [3.05, 3.63) is 29.3 Å². The van der Waals surface area contributed by atoms with Gasteiger partial charge in [0.1, 0.15) is 0 Å². The largest absolute Gasteiger partial charge is 0.369 e. The van der Waals surface area contributed by atoms with Crippen molar-refractivity contribution in [2.24, 2.45) is 11.7 Å². The molecule has 2 aliphatic rings. The van der Waals surface area contributed by atoms with E-state index in [1.165, 1.54) is 24.3 Å². The van der Waals surface area contributed by atoms with Crippen molar-refractivity contribution in [2.45, 2.75) is 29.0 Å². The number of nitrogens with two attached hydrogens (primary N) is 1. The van der Waals surface area contributed by atoms with Crippen LogP contribution in [0.1, 0.15) is 12.8 Å². The van der Waals surface area contributed by atoms with Crippen LogP contribution in [-0.4, -0.2) is 63.5 Å². The molecule has 2 saturated heterocycles. The number of hydrogen-bond donors (Lipinski definition) is 1. The van der Waals surface area contributed by atoms with E-state index in [1.54, 1.807) is 0 Å². The average Bonchev–Trinajstić information content (AvgIpc) is 2.92. The highest BCUT2D eigenvalue weighted by Crippen LogP contribution is 2.31. The Labute approximate surface area is 158 Å². The molecule has 0 aliphatic carbocycles. The summed E-state index contributed by atoms with van der Waals surface area (Å²) in [6, 6.07) is 5.14. The van der Waals surface area contributed by atoms with Crippen molar-refractivity contribution >= 4 is 37.2 Å². The zero-order valence-electron chi connectivity index (χ0n) is 14.0. The Morgan fingerprint density at radius 2 is 1.69 bits per heavy atom. The monoisotopic (exact) mass is 420 g/mol. The van der Waals surface area contributed by atoms with Gasteiger partial charge in [-0.1, -0.05) is 11.6 Å². The van der Waals surface area contributed by atoms with Gasteiger partial charge in [-0.25, -0.2) is 16.8 Å². The molecule has 2 atom stereocenters. The Morgan fingerprint density at radius 3 is 2.23 bits per heavy atom. The highest BCUT2D eigenvalue weighted by atomic mass is 35.5. The highest BCUT2D eigenvalue weighted by molar-refractivity contribution is 7.96. The van der Waals surface area contributed by atoms with Crippen LogP contribution in [0.3, 0.4) is 0 Å². The van der Waals surface area contributed by atoms with E-state index in [4.69, 9.17) is 17.3 Å². The molecule has 1 aromatic rings. The molecule has 0 aromatic heterocycles. The third kappa shape index (κ3) is 3.90. The van der Waals surface area contributed by atoms with Crippen LogP contribution < -0.4 is 5.73 Å². The van der Waals surface area contributed by atoms with Crippen molar-refractivity contribution in [3.63, 3.8) is 0 Å². The predicted octanol–water partition coefficient (Wildman–Crippen LogP) is 0.477. The number of amides is 1. The summed E-state index contributed by atoms with van der Waals surface area (Å²) in [5.74, 6) is -1.19. The van der Waals surface area contributed by atoms with Crippen LogP contribution in [-0.2, 0) is 24.5 Å². The minimum Gasteiger partial charge on any atom is -0.369 e. The van der Waals surface area contributed by atoms with Gasteiger partial charge in [0.2, 0.25) is 5.91 Å². The molecule has 10 heteroatoms. The Bertz CT molecular complexity index is 891. The molecule has 2 N–H and O–H groups in total. The van der Waals surface area contributed by atoms with Gasteiger partial charge in [0.15, 0.2) is 19.7 Å². The number of rotatable bonds is 4. The summed E-state index contributed by atoms with van der Waals surface area (Å²) < 4.78 is 50.5. The Hall–Kier alpha value is -1.16. The summed E-state index contributed by atoms with van der Waals surface area (Å²) in [7, 11) is -7.29. The summed E-state index contributed by atoms with van der Waals surface area (Å²) in [4.78, 5) is 13.3. The van der Waals surface area contributed by atoms with Crippen LogP contribution >= 0.6 is 11.6 Å². The summed E-state index contributed by atoms with van der Waals surface area (Å²) >= 11 is 5.82. The van der Waals surface area contributed by atoms with Crippen molar-refractivity contribution in [1.82, 2.24) is 4.90 Å². The zero-order chi connectivity index (χ0) is 19.1. The third-order valence-electron chi connectivity index (χ3n) is 5.21. The average molecular weight is 421 g/mol. The highest BCUT2D eigenvalue weighted by Gasteiger charge is 2.48. The van der Waals surface area contributed by atoms with E-state index < -0.39 is 36.7 Å². The third-order valence-corrected chi connectivity index (χ3v) is 9.60. The standard InChI is InChI=1S/C16H21ClN2O5S2/c17-12-1-3-13(4-2-12)26(23,24)15-10-25(21,22)9-14(15)19-7-5-11(6-8-19)16(18)20/h1-4,11,14-15H,5-10H2,(H2,18,20)/t14-,15-/m0/s1. The topological polar surface area (TPSA) is 115 Å². The minimum atomic E-state index is -3.83. The molecule has 0 spiro atoms. The number of sulfone groups is 2. The molecule has 26 heavy (non-hydrogen) atoms.